The lowest BCUT2D eigenvalue weighted by molar-refractivity contribution is -0.140. The van der Waals surface area contributed by atoms with E-state index in [4.69, 9.17) is 4.74 Å². The molecule has 0 saturated carbocycles. The maximum absolute atomic E-state index is 12.5. The van der Waals surface area contributed by atoms with E-state index >= 15 is 0 Å². The van der Waals surface area contributed by atoms with Crippen molar-refractivity contribution in [1.29, 1.82) is 0 Å². The molecule has 2 heterocycles. The Kier molecular flexibility index (Phi) is 4.18. The molecule has 9 heteroatoms. The number of thiazole rings is 1. The second-order valence-electron chi connectivity index (χ2n) is 4.99. The molecule has 5 nitrogen and oxygen atoms in total. The van der Waals surface area contributed by atoms with Gasteiger partial charge in [0.2, 0.25) is 5.91 Å². The van der Waals surface area contributed by atoms with Crippen LogP contribution in [0.25, 0.3) is 10.9 Å². The van der Waals surface area contributed by atoms with Crippen LogP contribution in [-0.4, -0.2) is 23.0 Å². The van der Waals surface area contributed by atoms with Crippen LogP contribution in [-0.2, 0) is 17.4 Å². The Bertz CT molecular complexity index is 886. The first-order valence-corrected chi connectivity index (χ1v) is 7.71. The number of aromatic nitrogens is 2. The number of alkyl halides is 3. The number of halogens is 3. The minimum Gasteiger partial charge on any atom is -0.497 e. The van der Waals surface area contributed by atoms with Gasteiger partial charge in [-0.15, -0.1) is 11.3 Å². The molecule has 0 bridgehead atoms. The third kappa shape index (κ3) is 3.35. The SMILES string of the molecule is COc1ccc2[nH]cc(CC(=O)Nc3nc(C(F)(F)F)cs3)c2c1. The first kappa shape index (κ1) is 16.3. The monoisotopic (exact) mass is 355 g/mol. The fraction of sp³-hybridized carbons (Fsp3) is 0.200. The molecule has 0 spiro atoms. The molecule has 0 aliphatic heterocycles. The smallest absolute Gasteiger partial charge is 0.434 e. The van der Waals surface area contributed by atoms with Crippen molar-refractivity contribution in [2.75, 3.05) is 12.4 Å². The summed E-state index contributed by atoms with van der Waals surface area (Å²) in [6.45, 7) is 0. The van der Waals surface area contributed by atoms with Crippen LogP contribution in [0.5, 0.6) is 5.75 Å². The number of H-pyrrole nitrogens is 1. The molecule has 2 aromatic heterocycles. The highest BCUT2D eigenvalue weighted by atomic mass is 32.1. The predicted octanol–water partition coefficient (Wildman–Crippen LogP) is 3.83. The quantitative estimate of drug-likeness (QED) is 0.747. The van der Waals surface area contributed by atoms with Crippen molar-refractivity contribution in [3.63, 3.8) is 0 Å². The number of ether oxygens (including phenoxy) is 1. The van der Waals surface area contributed by atoms with Crippen molar-refractivity contribution in [3.8, 4) is 5.75 Å². The summed E-state index contributed by atoms with van der Waals surface area (Å²) in [5, 5.41) is 4.00. The van der Waals surface area contributed by atoms with E-state index in [0.29, 0.717) is 11.3 Å². The largest absolute Gasteiger partial charge is 0.497 e. The van der Waals surface area contributed by atoms with E-state index < -0.39 is 17.8 Å². The number of fused-ring (bicyclic) bond motifs is 1. The highest BCUT2D eigenvalue weighted by Crippen LogP contribution is 2.31. The van der Waals surface area contributed by atoms with E-state index in [1.165, 1.54) is 0 Å². The summed E-state index contributed by atoms with van der Waals surface area (Å²) < 4.78 is 42.7. The lowest BCUT2D eigenvalue weighted by Crippen LogP contribution is -2.14. The Morgan fingerprint density at radius 1 is 1.42 bits per heavy atom. The maximum atomic E-state index is 12.5. The molecule has 0 aliphatic rings. The number of aromatic amines is 1. The molecule has 3 rings (SSSR count). The zero-order chi connectivity index (χ0) is 17.3. The Morgan fingerprint density at radius 3 is 2.88 bits per heavy atom. The van der Waals surface area contributed by atoms with Gasteiger partial charge in [0.25, 0.3) is 0 Å². The summed E-state index contributed by atoms with van der Waals surface area (Å²) in [5.41, 5.74) is 0.542. The molecule has 3 aromatic rings. The molecule has 0 atom stereocenters. The van der Waals surface area contributed by atoms with Gasteiger partial charge in [-0.3, -0.25) is 4.79 Å². The van der Waals surface area contributed by atoms with Crippen molar-refractivity contribution in [2.24, 2.45) is 0 Å². The number of carbonyl (C=O) groups excluding carboxylic acids is 1. The van der Waals surface area contributed by atoms with Crippen LogP contribution in [0.2, 0.25) is 0 Å². The van der Waals surface area contributed by atoms with Crippen molar-refractivity contribution in [2.45, 2.75) is 12.6 Å². The first-order chi connectivity index (χ1) is 11.4. The van der Waals surface area contributed by atoms with Crippen LogP contribution in [0, 0.1) is 0 Å². The van der Waals surface area contributed by atoms with Gasteiger partial charge < -0.3 is 15.0 Å². The Hall–Kier alpha value is -2.55. The van der Waals surface area contributed by atoms with Crippen LogP contribution in [0.3, 0.4) is 0 Å². The van der Waals surface area contributed by atoms with Gasteiger partial charge in [0.1, 0.15) is 5.75 Å². The van der Waals surface area contributed by atoms with E-state index in [2.05, 4.69) is 15.3 Å². The predicted molar refractivity (Wildman–Crippen MR) is 84.3 cm³/mol. The van der Waals surface area contributed by atoms with Crippen molar-refractivity contribution >= 4 is 33.3 Å². The van der Waals surface area contributed by atoms with Gasteiger partial charge in [-0.1, -0.05) is 0 Å². The van der Waals surface area contributed by atoms with Gasteiger partial charge in [0.05, 0.1) is 13.5 Å². The number of anilines is 1. The van der Waals surface area contributed by atoms with E-state index in [9.17, 15) is 18.0 Å². The summed E-state index contributed by atoms with van der Waals surface area (Å²) >= 11 is 0.736. The van der Waals surface area contributed by atoms with Crippen LogP contribution >= 0.6 is 11.3 Å². The zero-order valence-electron chi connectivity index (χ0n) is 12.4. The minimum atomic E-state index is -4.52. The highest BCUT2D eigenvalue weighted by molar-refractivity contribution is 7.13. The van der Waals surface area contributed by atoms with Gasteiger partial charge >= 0.3 is 6.18 Å². The standard InChI is InChI=1S/C15H12F3N3O2S/c1-23-9-2-3-11-10(5-9)8(6-19-11)4-13(22)21-14-20-12(7-24-14)15(16,17)18/h2-3,5-7,19H,4H2,1H3,(H,20,21,22). The van der Waals surface area contributed by atoms with Gasteiger partial charge in [0, 0.05) is 22.5 Å². The normalized spacial score (nSPS) is 11.7. The molecule has 0 aliphatic carbocycles. The van der Waals surface area contributed by atoms with Gasteiger partial charge in [-0.2, -0.15) is 13.2 Å². The fourth-order valence-corrected chi connectivity index (χ4v) is 2.96. The fourth-order valence-electron chi connectivity index (χ4n) is 2.23. The van der Waals surface area contributed by atoms with Crippen LogP contribution in [0.4, 0.5) is 18.3 Å². The number of nitrogens with one attached hydrogen (secondary N) is 2. The number of benzene rings is 1. The Labute approximate surface area is 138 Å². The number of nitrogens with zero attached hydrogens (tertiary/aromatic N) is 1. The average Bonchev–Trinajstić information content (AvgIpc) is 3.14. The van der Waals surface area contributed by atoms with E-state index in [1.54, 1.807) is 25.4 Å². The first-order valence-electron chi connectivity index (χ1n) is 6.83. The second kappa shape index (κ2) is 6.16. The molecule has 126 valence electrons. The summed E-state index contributed by atoms with van der Waals surface area (Å²) in [5.74, 6) is 0.209. The van der Waals surface area contributed by atoms with Gasteiger partial charge in [-0.25, -0.2) is 4.98 Å². The van der Waals surface area contributed by atoms with Gasteiger partial charge in [-0.05, 0) is 23.8 Å². The third-order valence-electron chi connectivity index (χ3n) is 3.37. The van der Waals surface area contributed by atoms with Crippen molar-refractivity contribution in [3.05, 3.63) is 41.0 Å². The molecule has 0 unspecified atom stereocenters. The molecule has 24 heavy (non-hydrogen) atoms. The molecule has 0 saturated heterocycles. The molecule has 0 fully saturated rings. The van der Waals surface area contributed by atoms with Gasteiger partial charge in [0.15, 0.2) is 10.8 Å². The topological polar surface area (TPSA) is 67.0 Å². The number of hydrogen-bond donors (Lipinski definition) is 2. The molecule has 1 aromatic carbocycles. The van der Waals surface area contributed by atoms with Crippen molar-refractivity contribution < 1.29 is 22.7 Å². The molecular formula is C15H12F3N3O2S. The molecule has 0 radical (unpaired) electrons. The van der Waals surface area contributed by atoms with E-state index in [-0.39, 0.29) is 11.6 Å². The summed E-state index contributed by atoms with van der Waals surface area (Å²) in [4.78, 5) is 18.5. The number of amides is 1. The second-order valence-corrected chi connectivity index (χ2v) is 5.84. The summed E-state index contributed by atoms with van der Waals surface area (Å²) in [6, 6.07) is 5.41. The van der Waals surface area contributed by atoms with E-state index in [1.807, 2.05) is 6.07 Å². The average molecular weight is 355 g/mol. The molecule has 2 N–H and O–H groups in total. The number of hydrogen-bond acceptors (Lipinski definition) is 4. The summed E-state index contributed by atoms with van der Waals surface area (Å²) in [7, 11) is 1.54. The number of carbonyl (C=O) groups is 1. The van der Waals surface area contributed by atoms with Crippen LogP contribution in [0.1, 0.15) is 11.3 Å². The Balaban J connectivity index is 1.74. The van der Waals surface area contributed by atoms with Crippen molar-refractivity contribution in [1.82, 2.24) is 9.97 Å². The van der Waals surface area contributed by atoms with E-state index in [0.717, 1.165) is 27.6 Å². The summed E-state index contributed by atoms with van der Waals surface area (Å²) in [6.07, 6.45) is -2.83. The zero-order valence-corrected chi connectivity index (χ0v) is 13.2. The molecule has 1 amide bonds. The number of methoxy groups -OCH3 is 1. The van der Waals surface area contributed by atoms with Crippen LogP contribution in [0.15, 0.2) is 29.8 Å². The highest BCUT2D eigenvalue weighted by Gasteiger charge is 2.33. The lowest BCUT2D eigenvalue weighted by Gasteiger charge is -2.03. The Morgan fingerprint density at radius 2 is 2.21 bits per heavy atom. The third-order valence-corrected chi connectivity index (χ3v) is 4.12. The minimum absolute atomic E-state index is 0.00803. The van der Waals surface area contributed by atoms with Crippen LogP contribution < -0.4 is 10.1 Å². The number of rotatable bonds is 4. The maximum Gasteiger partial charge on any atom is 0.434 e. The molecular weight excluding hydrogens is 343 g/mol. The lowest BCUT2D eigenvalue weighted by atomic mass is 10.1.